The average molecular weight is 558 g/mol. The van der Waals surface area contributed by atoms with Gasteiger partial charge in [-0.25, -0.2) is 0 Å². The van der Waals surface area contributed by atoms with Crippen molar-refractivity contribution in [2.45, 2.75) is 58.2 Å². The van der Waals surface area contributed by atoms with E-state index in [2.05, 4.69) is 5.32 Å². The van der Waals surface area contributed by atoms with Crippen LogP contribution in [0.5, 0.6) is 5.75 Å². The van der Waals surface area contributed by atoms with E-state index >= 15 is 0 Å². The molecular weight excluding hydrogens is 518 g/mol. The Morgan fingerprint density at radius 2 is 1.82 bits per heavy atom. The number of carbonyl (C=O) groups is 5. The highest BCUT2D eigenvalue weighted by molar-refractivity contribution is 6.32. The molecule has 11 heteroatoms. The lowest BCUT2D eigenvalue weighted by Gasteiger charge is -2.52. The SMILES string of the molecule is CC(CCO)NCc1cc(N(C)C)c2c(c1O)C(=O)C1C(=O)[C@]3(O)C(=O)C(C(N)=O)C(=O)[C@@H](C(C)C)[C@@H]3C[C@@H]1C2. The quantitative estimate of drug-likeness (QED) is 0.275. The van der Waals surface area contributed by atoms with Gasteiger partial charge in [0.1, 0.15) is 5.75 Å². The number of aliphatic hydroxyl groups excluding tert-OH is 1. The topological polar surface area (TPSA) is 187 Å². The van der Waals surface area contributed by atoms with Crippen molar-refractivity contribution in [2.24, 2.45) is 41.2 Å². The minimum Gasteiger partial charge on any atom is -0.507 e. The summed E-state index contributed by atoms with van der Waals surface area (Å²) in [5.74, 6) is -11.7. The molecule has 0 saturated heterocycles. The molecule has 1 aromatic carbocycles. The average Bonchev–Trinajstić information content (AvgIpc) is 2.85. The Balaban J connectivity index is 1.83. The van der Waals surface area contributed by atoms with E-state index in [-0.39, 0.29) is 43.3 Å². The van der Waals surface area contributed by atoms with Gasteiger partial charge in [0.15, 0.2) is 34.7 Å². The predicted molar refractivity (Wildman–Crippen MR) is 145 cm³/mol. The summed E-state index contributed by atoms with van der Waals surface area (Å²) in [6, 6.07) is 1.71. The van der Waals surface area contributed by atoms with Gasteiger partial charge in [0.05, 0.1) is 11.5 Å². The highest BCUT2D eigenvalue weighted by Gasteiger charge is 2.69. The number of benzene rings is 1. The van der Waals surface area contributed by atoms with Gasteiger partial charge in [-0.1, -0.05) is 13.8 Å². The molecule has 3 aliphatic rings. The maximum Gasteiger partial charge on any atom is 0.235 e. The van der Waals surface area contributed by atoms with Crippen LogP contribution in [0.1, 0.15) is 55.1 Å². The molecule has 0 bridgehead atoms. The van der Waals surface area contributed by atoms with Crippen molar-refractivity contribution in [1.82, 2.24) is 5.32 Å². The molecule has 1 aromatic rings. The molecule has 40 heavy (non-hydrogen) atoms. The number of primary amides is 1. The standard InChI is InChI=1S/C29H39N3O8/c1-12(2)19-17-9-14-8-16-18(32(4)5)10-15(11-31-13(3)6-7-33)23(34)21(16)25(36)20(14)26(37)29(17,40)27(38)22(24(19)35)28(30)39/h10,12-14,17,19-20,22,31,33-34,40H,6-9,11H2,1-5H3,(H2,30,39)/t13?,14-,17-,19-,20?,22?,29-/m0/s1. The van der Waals surface area contributed by atoms with Crippen LogP contribution in [0.25, 0.3) is 0 Å². The number of nitrogens with zero attached hydrogens (tertiary/aromatic N) is 1. The number of nitrogens with two attached hydrogens (primary N) is 1. The fourth-order valence-corrected chi connectivity index (χ4v) is 7.07. The van der Waals surface area contributed by atoms with E-state index in [0.29, 0.717) is 23.2 Å². The van der Waals surface area contributed by atoms with Crippen LogP contribution in [0.2, 0.25) is 0 Å². The number of nitrogens with one attached hydrogen (secondary N) is 1. The van der Waals surface area contributed by atoms with Gasteiger partial charge in [-0.2, -0.15) is 0 Å². The zero-order chi connectivity index (χ0) is 29.8. The number of hydrogen-bond acceptors (Lipinski definition) is 10. The van der Waals surface area contributed by atoms with Crippen molar-refractivity contribution < 1.29 is 39.3 Å². The molecule has 0 aliphatic heterocycles. The summed E-state index contributed by atoms with van der Waals surface area (Å²) in [6.45, 7) is 5.49. The van der Waals surface area contributed by atoms with Crippen LogP contribution >= 0.6 is 0 Å². The Bertz CT molecular complexity index is 1270. The zero-order valence-electron chi connectivity index (χ0n) is 23.6. The third kappa shape index (κ3) is 4.44. The smallest absolute Gasteiger partial charge is 0.235 e. The van der Waals surface area contributed by atoms with Crippen molar-refractivity contribution in [3.05, 3.63) is 22.8 Å². The largest absolute Gasteiger partial charge is 0.507 e. The number of phenols is 1. The van der Waals surface area contributed by atoms with Gasteiger partial charge < -0.3 is 31.3 Å². The second-order valence-corrected chi connectivity index (χ2v) is 12.1. The number of ketones is 4. The summed E-state index contributed by atoms with van der Waals surface area (Å²) in [5, 5.41) is 35.4. The summed E-state index contributed by atoms with van der Waals surface area (Å²) >= 11 is 0. The molecule has 2 saturated carbocycles. The molecule has 0 spiro atoms. The summed E-state index contributed by atoms with van der Waals surface area (Å²) in [4.78, 5) is 68.7. The van der Waals surface area contributed by atoms with Gasteiger partial charge in [0, 0.05) is 56.4 Å². The van der Waals surface area contributed by atoms with Gasteiger partial charge in [-0.05, 0) is 49.7 Å². The van der Waals surface area contributed by atoms with Crippen molar-refractivity contribution in [1.29, 1.82) is 0 Å². The van der Waals surface area contributed by atoms with Gasteiger partial charge >= 0.3 is 0 Å². The fourth-order valence-electron chi connectivity index (χ4n) is 7.07. The van der Waals surface area contributed by atoms with Crippen molar-refractivity contribution in [3.63, 3.8) is 0 Å². The molecule has 1 amide bonds. The second kappa shape index (κ2) is 10.7. The van der Waals surface area contributed by atoms with Crippen molar-refractivity contribution in [3.8, 4) is 5.75 Å². The Hall–Kier alpha value is -3.15. The maximum atomic E-state index is 14.0. The molecule has 0 aromatic heterocycles. The number of rotatable bonds is 8. The molecule has 3 aliphatic carbocycles. The summed E-state index contributed by atoms with van der Waals surface area (Å²) in [7, 11) is 3.60. The first kappa shape index (κ1) is 29.8. The number of hydrogen-bond donors (Lipinski definition) is 5. The molecule has 7 atom stereocenters. The Labute approximate surface area is 233 Å². The number of Topliss-reactive ketones (excluding diaryl/α,β-unsaturated/α-hetero) is 4. The number of amides is 1. The summed E-state index contributed by atoms with van der Waals surface area (Å²) in [6.07, 6.45) is 0.745. The van der Waals surface area contributed by atoms with Crippen molar-refractivity contribution in [2.75, 3.05) is 25.6 Å². The van der Waals surface area contributed by atoms with Crippen LogP contribution in [0.15, 0.2) is 6.07 Å². The van der Waals surface area contributed by atoms with Gasteiger partial charge in [0.25, 0.3) is 0 Å². The lowest BCUT2D eigenvalue weighted by molar-refractivity contribution is -0.182. The number of phenolic OH excluding ortho intramolecular Hbond substituents is 1. The van der Waals surface area contributed by atoms with Gasteiger partial charge in [0.2, 0.25) is 5.91 Å². The van der Waals surface area contributed by atoms with E-state index in [1.165, 1.54) is 0 Å². The number of fused-ring (bicyclic) bond motifs is 3. The first-order valence-electron chi connectivity index (χ1n) is 13.8. The first-order chi connectivity index (χ1) is 18.7. The molecule has 6 N–H and O–H groups in total. The number of aliphatic hydroxyl groups is 2. The van der Waals surface area contributed by atoms with Crippen LogP contribution in [0.4, 0.5) is 5.69 Å². The van der Waals surface area contributed by atoms with E-state index < -0.39 is 70.1 Å². The van der Waals surface area contributed by atoms with E-state index in [1.54, 1.807) is 34.0 Å². The van der Waals surface area contributed by atoms with E-state index in [0.717, 1.165) is 0 Å². The Morgan fingerprint density at radius 1 is 1.18 bits per heavy atom. The van der Waals surface area contributed by atoms with E-state index in [9.17, 15) is 39.3 Å². The normalized spacial score (nSPS) is 30.6. The Kier molecular flexibility index (Phi) is 7.96. The number of carbonyl (C=O) groups excluding carboxylic acids is 5. The van der Waals surface area contributed by atoms with Crippen LogP contribution in [-0.4, -0.2) is 76.7 Å². The third-order valence-corrected chi connectivity index (χ3v) is 9.05. The van der Waals surface area contributed by atoms with Gasteiger partial charge in [-0.15, -0.1) is 0 Å². The second-order valence-electron chi connectivity index (χ2n) is 12.1. The molecule has 2 fully saturated rings. The monoisotopic (exact) mass is 557 g/mol. The van der Waals surface area contributed by atoms with E-state index in [4.69, 9.17) is 5.73 Å². The first-order valence-corrected chi connectivity index (χ1v) is 13.8. The minimum absolute atomic E-state index is 0.0144. The van der Waals surface area contributed by atoms with Crippen LogP contribution in [0.3, 0.4) is 0 Å². The lowest BCUT2D eigenvalue weighted by atomic mass is 9.49. The van der Waals surface area contributed by atoms with Gasteiger partial charge in [-0.3, -0.25) is 24.0 Å². The molecule has 0 heterocycles. The summed E-state index contributed by atoms with van der Waals surface area (Å²) in [5.41, 5.74) is 4.31. The summed E-state index contributed by atoms with van der Waals surface area (Å²) < 4.78 is 0. The number of anilines is 1. The Morgan fingerprint density at radius 3 is 2.38 bits per heavy atom. The van der Waals surface area contributed by atoms with Crippen LogP contribution in [-0.2, 0) is 32.1 Å². The van der Waals surface area contributed by atoms with E-state index in [1.807, 2.05) is 11.8 Å². The highest BCUT2D eigenvalue weighted by atomic mass is 16.3. The van der Waals surface area contributed by atoms with Crippen LogP contribution < -0.4 is 16.0 Å². The van der Waals surface area contributed by atoms with Crippen molar-refractivity contribution >= 4 is 34.7 Å². The molecule has 4 rings (SSSR count). The zero-order valence-corrected chi connectivity index (χ0v) is 23.6. The third-order valence-electron chi connectivity index (χ3n) is 9.05. The predicted octanol–water partition coefficient (Wildman–Crippen LogP) is 0.136. The fraction of sp³-hybridized carbons (Fsp3) is 0.621. The molecule has 0 radical (unpaired) electrons. The number of aromatic hydroxyl groups is 1. The maximum absolute atomic E-state index is 14.0. The molecular formula is C29H39N3O8. The van der Waals surface area contributed by atoms with Crippen LogP contribution in [0, 0.1) is 35.5 Å². The highest BCUT2D eigenvalue weighted by Crippen LogP contribution is 2.54. The molecule has 3 unspecified atom stereocenters. The minimum atomic E-state index is -2.71. The molecule has 11 nitrogen and oxygen atoms in total. The molecule has 218 valence electrons. The lowest BCUT2D eigenvalue weighted by Crippen LogP contribution is -2.71.